The number of hydrogen-bond acceptors (Lipinski definition) is 4. The summed E-state index contributed by atoms with van der Waals surface area (Å²) < 4.78 is 16.5. The van der Waals surface area contributed by atoms with Gasteiger partial charge in [-0.2, -0.15) is 0 Å². The summed E-state index contributed by atoms with van der Waals surface area (Å²) in [6.45, 7) is 6.37. The van der Waals surface area contributed by atoms with Crippen LogP contribution in [0.5, 0.6) is 0 Å². The summed E-state index contributed by atoms with van der Waals surface area (Å²) in [5.74, 6) is -0.130. The van der Waals surface area contributed by atoms with Gasteiger partial charge in [0.15, 0.2) is 0 Å². The number of nitrogens with one attached hydrogen (secondary N) is 1. The van der Waals surface area contributed by atoms with Crippen LogP contribution in [0.3, 0.4) is 0 Å². The topological polar surface area (TPSA) is 70.4 Å². The molecule has 2 N–H and O–H groups in total. The number of halogens is 1. The molecule has 2 heterocycles. The van der Waals surface area contributed by atoms with E-state index in [2.05, 4.69) is 19.8 Å². The number of piperidine rings is 1. The predicted molar refractivity (Wildman–Crippen MR) is 121 cm³/mol. The smallest absolute Gasteiger partial charge is 0.255 e. The monoisotopic (exact) mass is 436 g/mol. The summed E-state index contributed by atoms with van der Waals surface area (Å²) in [5, 5.41) is 14.3. The Hall–Kier alpha value is -3.03. The number of imidazole rings is 1. The number of likely N-dealkylation sites (tertiary alicyclic amines) is 1. The van der Waals surface area contributed by atoms with Gasteiger partial charge in [-0.05, 0) is 43.5 Å². The molecule has 0 unspecified atom stereocenters. The van der Waals surface area contributed by atoms with Crippen molar-refractivity contribution >= 4 is 5.91 Å². The molecular weight excluding hydrogens is 407 g/mol. The van der Waals surface area contributed by atoms with Crippen molar-refractivity contribution in [1.82, 2.24) is 19.8 Å². The molecule has 168 valence electrons. The number of nitrogens with zero attached hydrogens (tertiary/aromatic N) is 3. The molecule has 1 aliphatic rings. The normalized spacial score (nSPS) is 21.4. The van der Waals surface area contributed by atoms with E-state index in [0.29, 0.717) is 19.5 Å². The summed E-state index contributed by atoms with van der Waals surface area (Å²) in [6.07, 6.45) is 3.39. The average Bonchev–Trinajstić information content (AvgIpc) is 3.19. The van der Waals surface area contributed by atoms with Gasteiger partial charge in [0.25, 0.3) is 5.91 Å². The SMILES string of the molecule is Cc1ccc(C(=O)N[C@@]2(c3ccccc3)CCN(CCn3ccnc3C)C[C@H]2O)c(F)c1. The van der Waals surface area contributed by atoms with Gasteiger partial charge < -0.3 is 15.0 Å². The summed E-state index contributed by atoms with van der Waals surface area (Å²) in [5.41, 5.74) is 0.560. The molecule has 0 aliphatic carbocycles. The number of aliphatic hydroxyl groups excluding tert-OH is 1. The van der Waals surface area contributed by atoms with Crippen molar-refractivity contribution in [2.45, 2.75) is 38.5 Å². The first-order valence-corrected chi connectivity index (χ1v) is 10.9. The Labute approximate surface area is 187 Å². The third-order valence-electron chi connectivity index (χ3n) is 6.40. The Kier molecular flexibility index (Phi) is 6.39. The van der Waals surface area contributed by atoms with Gasteiger partial charge in [0, 0.05) is 38.6 Å². The number of aryl methyl sites for hydroxylation is 2. The number of carbonyl (C=O) groups excluding carboxylic acids is 1. The lowest BCUT2D eigenvalue weighted by molar-refractivity contribution is -0.0164. The lowest BCUT2D eigenvalue weighted by Gasteiger charge is -2.46. The Morgan fingerprint density at radius 3 is 2.66 bits per heavy atom. The molecule has 6 nitrogen and oxygen atoms in total. The summed E-state index contributed by atoms with van der Waals surface area (Å²) in [4.78, 5) is 19.5. The molecule has 1 amide bonds. The van der Waals surface area contributed by atoms with E-state index in [4.69, 9.17) is 0 Å². The molecule has 7 heteroatoms. The number of β-amino-alcohol motifs (C(OH)–C–C–N with tert-alkyl or cyclic N) is 1. The maximum absolute atomic E-state index is 14.5. The fraction of sp³-hybridized carbons (Fsp3) is 0.360. The Bertz CT molecular complexity index is 1080. The van der Waals surface area contributed by atoms with Crippen molar-refractivity contribution in [2.75, 3.05) is 19.6 Å². The van der Waals surface area contributed by atoms with Gasteiger partial charge in [-0.1, -0.05) is 36.4 Å². The van der Waals surface area contributed by atoms with Gasteiger partial charge in [-0.25, -0.2) is 9.37 Å². The maximum Gasteiger partial charge on any atom is 0.255 e. The molecule has 0 bridgehead atoms. The molecule has 4 rings (SSSR count). The van der Waals surface area contributed by atoms with Crippen LogP contribution in [0.15, 0.2) is 60.9 Å². The highest BCUT2D eigenvalue weighted by Crippen LogP contribution is 2.34. The van der Waals surface area contributed by atoms with Crippen LogP contribution in [0.1, 0.15) is 33.7 Å². The van der Waals surface area contributed by atoms with Crippen LogP contribution in [-0.4, -0.2) is 51.2 Å². The van der Waals surface area contributed by atoms with E-state index in [1.165, 1.54) is 12.1 Å². The van der Waals surface area contributed by atoms with E-state index in [1.807, 2.05) is 43.5 Å². The zero-order valence-corrected chi connectivity index (χ0v) is 18.5. The Morgan fingerprint density at radius 1 is 1.22 bits per heavy atom. The van der Waals surface area contributed by atoms with Crippen LogP contribution in [0.4, 0.5) is 4.39 Å². The highest BCUT2D eigenvalue weighted by Gasteiger charge is 2.45. The van der Waals surface area contributed by atoms with Gasteiger partial charge in [-0.3, -0.25) is 9.69 Å². The first-order valence-electron chi connectivity index (χ1n) is 10.9. The summed E-state index contributed by atoms with van der Waals surface area (Å²) in [6, 6.07) is 14.0. The van der Waals surface area contributed by atoms with Gasteiger partial charge in [-0.15, -0.1) is 0 Å². The van der Waals surface area contributed by atoms with Crippen LogP contribution in [0, 0.1) is 19.7 Å². The van der Waals surface area contributed by atoms with E-state index in [1.54, 1.807) is 19.2 Å². The molecule has 2 atom stereocenters. The molecule has 1 aromatic heterocycles. The van der Waals surface area contributed by atoms with Gasteiger partial charge in [0.05, 0.1) is 17.2 Å². The zero-order chi connectivity index (χ0) is 22.7. The second-order valence-electron chi connectivity index (χ2n) is 8.51. The minimum Gasteiger partial charge on any atom is -0.389 e. The molecule has 0 spiro atoms. The summed E-state index contributed by atoms with van der Waals surface area (Å²) >= 11 is 0. The number of aromatic nitrogens is 2. The molecule has 1 saturated heterocycles. The van der Waals surface area contributed by atoms with Crippen molar-refractivity contribution in [3.63, 3.8) is 0 Å². The second kappa shape index (κ2) is 9.22. The molecule has 1 fully saturated rings. The van der Waals surface area contributed by atoms with Crippen LogP contribution in [0.25, 0.3) is 0 Å². The lowest BCUT2D eigenvalue weighted by Crippen LogP contribution is -2.62. The summed E-state index contributed by atoms with van der Waals surface area (Å²) in [7, 11) is 0. The number of amides is 1. The van der Waals surface area contributed by atoms with E-state index in [-0.39, 0.29) is 5.56 Å². The molecule has 0 saturated carbocycles. The third kappa shape index (κ3) is 4.45. The number of hydrogen-bond donors (Lipinski definition) is 2. The minimum atomic E-state index is -0.989. The van der Waals surface area contributed by atoms with Gasteiger partial charge in [0.2, 0.25) is 0 Å². The molecule has 3 aromatic rings. The molecule has 2 aromatic carbocycles. The first-order chi connectivity index (χ1) is 15.4. The molecular formula is C25H29FN4O2. The second-order valence-corrected chi connectivity index (χ2v) is 8.51. The molecule has 1 aliphatic heterocycles. The van der Waals surface area contributed by atoms with Crippen LogP contribution >= 0.6 is 0 Å². The number of benzene rings is 2. The fourth-order valence-electron chi connectivity index (χ4n) is 4.45. The van der Waals surface area contributed by atoms with E-state index < -0.39 is 23.4 Å². The van der Waals surface area contributed by atoms with E-state index in [9.17, 15) is 14.3 Å². The molecule has 32 heavy (non-hydrogen) atoms. The standard InChI is InChI=1S/C25H29FN4O2/c1-18-8-9-21(22(26)16-18)24(32)28-25(20-6-4-3-5-7-20)10-12-29(17-23(25)31)14-15-30-13-11-27-19(30)2/h3-9,11,13,16,23,31H,10,12,14-15,17H2,1-2H3,(H,28,32)/t23-,25-/m1/s1. The first kappa shape index (κ1) is 22.2. The number of carbonyl (C=O) groups is 1. The molecule has 0 radical (unpaired) electrons. The quantitative estimate of drug-likeness (QED) is 0.623. The van der Waals surface area contributed by atoms with Crippen molar-refractivity contribution in [3.8, 4) is 0 Å². The zero-order valence-electron chi connectivity index (χ0n) is 18.5. The van der Waals surface area contributed by atoms with E-state index >= 15 is 0 Å². The number of rotatable bonds is 6. The van der Waals surface area contributed by atoms with Crippen LogP contribution < -0.4 is 5.32 Å². The van der Waals surface area contributed by atoms with Crippen LogP contribution in [0.2, 0.25) is 0 Å². The maximum atomic E-state index is 14.5. The van der Waals surface area contributed by atoms with Gasteiger partial charge >= 0.3 is 0 Å². The highest BCUT2D eigenvalue weighted by atomic mass is 19.1. The van der Waals surface area contributed by atoms with Crippen molar-refractivity contribution < 1.29 is 14.3 Å². The van der Waals surface area contributed by atoms with E-state index in [0.717, 1.165) is 30.0 Å². The minimum absolute atomic E-state index is 0.0175. The largest absolute Gasteiger partial charge is 0.389 e. The van der Waals surface area contributed by atoms with Crippen molar-refractivity contribution in [1.29, 1.82) is 0 Å². The van der Waals surface area contributed by atoms with Crippen molar-refractivity contribution in [2.24, 2.45) is 0 Å². The highest BCUT2D eigenvalue weighted by molar-refractivity contribution is 5.95. The van der Waals surface area contributed by atoms with Gasteiger partial charge in [0.1, 0.15) is 11.6 Å². The predicted octanol–water partition coefficient (Wildman–Crippen LogP) is 3.03. The van der Waals surface area contributed by atoms with Crippen LogP contribution in [-0.2, 0) is 12.1 Å². The Balaban J connectivity index is 1.55. The lowest BCUT2D eigenvalue weighted by atomic mass is 9.78. The number of aliphatic hydroxyl groups is 1. The third-order valence-corrected chi connectivity index (χ3v) is 6.40. The average molecular weight is 437 g/mol. The van der Waals surface area contributed by atoms with Crippen molar-refractivity contribution in [3.05, 3.63) is 89.3 Å². The Morgan fingerprint density at radius 2 is 2.00 bits per heavy atom. The fourth-order valence-corrected chi connectivity index (χ4v) is 4.45.